The van der Waals surface area contributed by atoms with E-state index in [4.69, 9.17) is 16.4 Å². The van der Waals surface area contributed by atoms with Gasteiger partial charge in [-0.1, -0.05) is 28.9 Å². The smallest absolute Gasteiger partial charge is 0.217 e. The van der Waals surface area contributed by atoms with Gasteiger partial charge in [-0.25, -0.2) is 0 Å². The van der Waals surface area contributed by atoms with Crippen LogP contribution in [-0.4, -0.2) is 16.6 Å². The van der Waals surface area contributed by atoms with Crippen LogP contribution in [0.3, 0.4) is 0 Å². The van der Waals surface area contributed by atoms with Gasteiger partial charge in [0.1, 0.15) is 0 Å². The lowest BCUT2D eigenvalue weighted by Crippen LogP contribution is -2.19. The molecule has 24 heavy (non-hydrogen) atoms. The van der Waals surface area contributed by atoms with Crippen LogP contribution < -0.4 is 5.32 Å². The van der Waals surface area contributed by atoms with Gasteiger partial charge in [0.15, 0.2) is 6.61 Å². The molecule has 126 valence electrons. The van der Waals surface area contributed by atoms with Crippen LogP contribution in [0.4, 0.5) is 0 Å². The van der Waals surface area contributed by atoms with Gasteiger partial charge in [0.25, 0.3) is 0 Å². The molecule has 5 nitrogen and oxygen atoms in total. The number of pyridine rings is 1. The summed E-state index contributed by atoms with van der Waals surface area (Å²) in [6.45, 7) is 5.95. The molecular weight excluding hydrogens is 326 g/mol. The van der Waals surface area contributed by atoms with Crippen molar-refractivity contribution in [1.29, 1.82) is 0 Å². The third-order valence-corrected chi connectivity index (χ3v) is 3.72. The van der Waals surface area contributed by atoms with E-state index in [9.17, 15) is 4.79 Å². The standard InChI is InChI=1S/C18H20ClN3O2/c1-12-5-4-6-17(21-12)11-24-22-13(2)15-7-8-18(19)16(9-15)10-20-14(3)23/h4-9H,10-11H2,1-3H3,(H,20,23)/b22-13-. The Morgan fingerprint density at radius 3 is 2.79 bits per heavy atom. The fourth-order valence-electron chi connectivity index (χ4n) is 2.08. The van der Waals surface area contributed by atoms with Crippen LogP contribution in [0.2, 0.25) is 5.02 Å². The highest BCUT2D eigenvalue weighted by Gasteiger charge is 2.06. The molecule has 0 aliphatic heterocycles. The van der Waals surface area contributed by atoms with Crippen molar-refractivity contribution >= 4 is 23.2 Å². The molecule has 0 bridgehead atoms. The first-order chi connectivity index (χ1) is 11.5. The van der Waals surface area contributed by atoms with Gasteiger partial charge in [-0.3, -0.25) is 9.78 Å². The highest BCUT2D eigenvalue weighted by molar-refractivity contribution is 6.31. The molecule has 1 aromatic heterocycles. The number of carbonyl (C=O) groups is 1. The summed E-state index contributed by atoms with van der Waals surface area (Å²) in [4.78, 5) is 20.8. The Kier molecular flexibility index (Phi) is 6.32. The lowest BCUT2D eigenvalue weighted by Gasteiger charge is -2.08. The van der Waals surface area contributed by atoms with Crippen LogP contribution in [0.5, 0.6) is 0 Å². The van der Waals surface area contributed by atoms with Crippen LogP contribution in [0, 0.1) is 6.92 Å². The van der Waals surface area contributed by atoms with Gasteiger partial charge in [-0.05, 0) is 49.2 Å². The Labute approximate surface area is 146 Å². The van der Waals surface area contributed by atoms with Crippen LogP contribution in [0.15, 0.2) is 41.6 Å². The molecule has 0 unspecified atom stereocenters. The summed E-state index contributed by atoms with van der Waals surface area (Å²) < 4.78 is 0. The fourth-order valence-corrected chi connectivity index (χ4v) is 2.27. The van der Waals surface area contributed by atoms with Crippen molar-refractivity contribution in [3.05, 3.63) is 63.9 Å². The van der Waals surface area contributed by atoms with Crippen molar-refractivity contribution in [3.63, 3.8) is 0 Å². The number of hydrogen-bond acceptors (Lipinski definition) is 4. The Balaban J connectivity index is 2.04. The number of nitrogens with one attached hydrogen (secondary N) is 1. The molecule has 1 amide bonds. The van der Waals surface area contributed by atoms with Gasteiger partial charge in [0.2, 0.25) is 5.91 Å². The van der Waals surface area contributed by atoms with Crippen LogP contribution in [-0.2, 0) is 22.8 Å². The third kappa shape index (κ3) is 5.35. The number of rotatable bonds is 6. The number of benzene rings is 1. The van der Waals surface area contributed by atoms with Crippen LogP contribution in [0.1, 0.15) is 36.4 Å². The zero-order chi connectivity index (χ0) is 17.5. The number of hydrogen-bond donors (Lipinski definition) is 1. The Bertz CT molecular complexity index is 760. The first kappa shape index (κ1) is 17.9. The number of nitrogens with zero attached hydrogens (tertiary/aromatic N) is 2. The number of carbonyl (C=O) groups excluding carboxylic acids is 1. The van der Waals surface area contributed by atoms with E-state index in [1.807, 2.05) is 44.2 Å². The second-order valence-corrected chi connectivity index (χ2v) is 5.84. The SMILES string of the molecule is CC(=O)NCc1cc(/C(C)=N\OCc2cccc(C)n2)ccc1Cl. The monoisotopic (exact) mass is 345 g/mol. The lowest BCUT2D eigenvalue weighted by molar-refractivity contribution is -0.119. The second-order valence-electron chi connectivity index (χ2n) is 5.44. The Hall–Kier alpha value is -2.40. The third-order valence-electron chi connectivity index (χ3n) is 3.35. The number of oxime groups is 1. The quantitative estimate of drug-likeness (QED) is 0.642. The first-order valence-corrected chi connectivity index (χ1v) is 7.96. The van der Waals surface area contributed by atoms with Crippen LogP contribution in [0.25, 0.3) is 0 Å². The fraction of sp³-hybridized carbons (Fsp3) is 0.278. The van der Waals surface area contributed by atoms with E-state index >= 15 is 0 Å². The van der Waals surface area contributed by atoms with E-state index in [-0.39, 0.29) is 5.91 Å². The predicted octanol–water partition coefficient (Wildman–Crippen LogP) is 3.62. The van der Waals surface area contributed by atoms with Gasteiger partial charge in [-0.15, -0.1) is 0 Å². The zero-order valence-electron chi connectivity index (χ0n) is 14.0. The number of amides is 1. The molecule has 0 aliphatic rings. The minimum atomic E-state index is -0.101. The Morgan fingerprint density at radius 2 is 2.08 bits per heavy atom. The summed E-state index contributed by atoms with van der Waals surface area (Å²) in [5.74, 6) is -0.101. The van der Waals surface area contributed by atoms with E-state index < -0.39 is 0 Å². The van der Waals surface area contributed by atoms with Crippen molar-refractivity contribution in [1.82, 2.24) is 10.3 Å². The van der Waals surface area contributed by atoms with E-state index in [2.05, 4.69) is 15.5 Å². The minimum Gasteiger partial charge on any atom is -0.389 e. The van der Waals surface area contributed by atoms with Crippen LogP contribution >= 0.6 is 11.6 Å². The van der Waals surface area contributed by atoms with Gasteiger partial charge >= 0.3 is 0 Å². The second kappa shape index (κ2) is 8.45. The zero-order valence-corrected chi connectivity index (χ0v) is 14.7. The maximum absolute atomic E-state index is 11.0. The van der Waals surface area contributed by atoms with Crippen molar-refractivity contribution < 1.29 is 9.63 Å². The van der Waals surface area contributed by atoms with Gasteiger partial charge in [-0.2, -0.15) is 0 Å². The molecule has 1 aromatic carbocycles. The molecule has 2 rings (SSSR count). The molecule has 0 atom stereocenters. The summed E-state index contributed by atoms with van der Waals surface area (Å²) in [5.41, 5.74) is 4.21. The van der Waals surface area contributed by atoms with Crippen molar-refractivity contribution in [3.8, 4) is 0 Å². The average molecular weight is 346 g/mol. The molecule has 0 saturated carbocycles. The summed E-state index contributed by atoms with van der Waals surface area (Å²) in [6.07, 6.45) is 0. The van der Waals surface area contributed by atoms with Crippen molar-refractivity contribution in [2.24, 2.45) is 5.16 Å². The lowest BCUT2D eigenvalue weighted by atomic mass is 10.1. The summed E-state index contributed by atoms with van der Waals surface area (Å²) in [5, 5.41) is 7.47. The first-order valence-electron chi connectivity index (χ1n) is 7.58. The van der Waals surface area contributed by atoms with Crippen molar-refractivity contribution in [2.45, 2.75) is 33.9 Å². The molecule has 0 aliphatic carbocycles. The summed E-state index contributed by atoms with van der Waals surface area (Å²) >= 11 is 6.15. The molecule has 6 heteroatoms. The predicted molar refractivity (Wildman–Crippen MR) is 94.9 cm³/mol. The van der Waals surface area contributed by atoms with E-state index in [1.54, 1.807) is 6.07 Å². The topological polar surface area (TPSA) is 63.6 Å². The maximum atomic E-state index is 11.0. The highest BCUT2D eigenvalue weighted by atomic mass is 35.5. The normalized spacial score (nSPS) is 11.2. The number of aryl methyl sites for hydroxylation is 1. The largest absolute Gasteiger partial charge is 0.389 e. The molecular formula is C18H20ClN3O2. The molecule has 1 heterocycles. The molecule has 2 aromatic rings. The van der Waals surface area contributed by atoms with E-state index in [0.717, 1.165) is 28.2 Å². The number of halogens is 1. The Morgan fingerprint density at radius 1 is 1.29 bits per heavy atom. The van der Waals surface area contributed by atoms with E-state index in [0.29, 0.717) is 18.2 Å². The molecule has 0 spiro atoms. The summed E-state index contributed by atoms with van der Waals surface area (Å²) in [6, 6.07) is 11.3. The molecule has 1 N–H and O–H groups in total. The van der Waals surface area contributed by atoms with Gasteiger partial charge in [0.05, 0.1) is 11.4 Å². The van der Waals surface area contributed by atoms with Crippen molar-refractivity contribution in [2.75, 3.05) is 0 Å². The van der Waals surface area contributed by atoms with Gasteiger partial charge in [0, 0.05) is 24.2 Å². The molecule has 0 saturated heterocycles. The van der Waals surface area contributed by atoms with Gasteiger partial charge < -0.3 is 10.2 Å². The molecule has 0 radical (unpaired) electrons. The molecule has 0 fully saturated rings. The number of aromatic nitrogens is 1. The highest BCUT2D eigenvalue weighted by Crippen LogP contribution is 2.18. The average Bonchev–Trinajstić information content (AvgIpc) is 2.54. The maximum Gasteiger partial charge on any atom is 0.217 e. The minimum absolute atomic E-state index is 0.101. The van der Waals surface area contributed by atoms with E-state index in [1.165, 1.54) is 6.92 Å². The summed E-state index contributed by atoms with van der Waals surface area (Å²) in [7, 11) is 0.